The van der Waals surface area contributed by atoms with Crippen LogP contribution >= 0.6 is 0 Å². The Morgan fingerprint density at radius 3 is 3.00 bits per heavy atom. The molecular weight excluding hydrogens is 146 g/mol. The van der Waals surface area contributed by atoms with Crippen molar-refractivity contribution in [3.05, 3.63) is 10.4 Å². The van der Waals surface area contributed by atoms with Crippen molar-refractivity contribution in [1.82, 2.24) is 10.2 Å². The van der Waals surface area contributed by atoms with Gasteiger partial charge >= 0.3 is 0 Å². The lowest BCUT2D eigenvalue weighted by atomic mass is 10.6. The molecule has 62 valence electrons. The molecule has 0 heterocycles. The van der Waals surface area contributed by atoms with E-state index < -0.39 is 0 Å². The quantitative estimate of drug-likeness (QED) is 0.253. The Morgan fingerprint density at radius 1 is 1.82 bits per heavy atom. The molecule has 0 rings (SSSR count). The first-order valence-corrected chi connectivity index (χ1v) is 3.20. The van der Waals surface area contributed by atoms with Crippen LogP contribution < -0.4 is 5.32 Å². The smallest absolute Gasteiger partial charge is 0.209 e. The molecule has 0 bridgehead atoms. The largest absolute Gasteiger partial charge is 0.338 e. The molecule has 0 spiro atoms. The molecule has 6 nitrogen and oxygen atoms in total. The predicted molar refractivity (Wildman–Crippen MR) is 40.7 cm³/mol. The predicted octanol–water partition coefficient (Wildman–Crippen LogP) is -0.0680. The third-order valence-electron chi connectivity index (χ3n) is 1.11. The van der Waals surface area contributed by atoms with Gasteiger partial charge in [0.15, 0.2) is 0 Å². The van der Waals surface area contributed by atoms with Gasteiger partial charge in [0, 0.05) is 18.0 Å². The fraction of sp³-hybridized carbons (Fsp3) is 0.800. The average Bonchev–Trinajstić information content (AvgIpc) is 2.05. The van der Waals surface area contributed by atoms with Gasteiger partial charge < -0.3 is 10.2 Å². The summed E-state index contributed by atoms with van der Waals surface area (Å²) < 4.78 is 0. The van der Waals surface area contributed by atoms with Crippen LogP contribution in [0.15, 0.2) is 5.11 Å². The zero-order chi connectivity index (χ0) is 8.53. The standard InChI is InChI=1S/C5H11N5O/c1-7-2-3-10(5-11)4-8-9-6/h5,7H,2-4H2,1H3. The second kappa shape index (κ2) is 6.85. The molecule has 0 aromatic heterocycles. The van der Waals surface area contributed by atoms with Gasteiger partial charge in [-0.1, -0.05) is 5.11 Å². The lowest BCUT2D eigenvalue weighted by molar-refractivity contribution is -0.118. The van der Waals surface area contributed by atoms with Crippen molar-refractivity contribution in [1.29, 1.82) is 0 Å². The highest BCUT2D eigenvalue weighted by atomic mass is 16.1. The topological polar surface area (TPSA) is 81.1 Å². The molecule has 11 heavy (non-hydrogen) atoms. The highest BCUT2D eigenvalue weighted by Crippen LogP contribution is 1.81. The van der Waals surface area contributed by atoms with E-state index in [0.717, 1.165) is 0 Å². The van der Waals surface area contributed by atoms with Crippen LogP contribution in [0.3, 0.4) is 0 Å². The monoisotopic (exact) mass is 157 g/mol. The van der Waals surface area contributed by atoms with Gasteiger partial charge in [-0.15, -0.1) is 0 Å². The highest BCUT2D eigenvalue weighted by Gasteiger charge is 1.96. The molecule has 0 aliphatic heterocycles. The van der Waals surface area contributed by atoms with Crippen LogP contribution in [0.1, 0.15) is 0 Å². The zero-order valence-corrected chi connectivity index (χ0v) is 6.40. The Kier molecular flexibility index (Phi) is 6.07. The lowest BCUT2D eigenvalue weighted by Crippen LogP contribution is -2.29. The van der Waals surface area contributed by atoms with Crippen molar-refractivity contribution in [3.63, 3.8) is 0 Å². The Hall–Kier alpha value is -1.26. The second-order valence-corrected chi connectivity index (χ2v) is 1.89. The van der Waals surface area contributed by atoms with E-state index in [4.69, 9.17) is 5.53 Å². The maximum Gasteiger partial charge on any atom is 0.209 e. The van der Waals surface area contributed by atoms with E-state index in [2.05, 4.69) is 15.3 Å². The second-order valence-electron chi connectivity index (χ2n) is 1.89. The van der Waals surface area contributed by atoms with E-state index >= 15 is 0 Å². The minimum Gasteiger partial charge on any atom is -0.338 e. The maximum atomic E-state index is 10.2. The van der Waals surface area contributed by atoms with Crippen LogP contribution in [0.4, 0.5) is 0 Å². The summed E-state index contributed by atoms with van der Waals surface area (Å²) in [7, 11) is 1.79. The maximum absolute atomic E-state index is 10.2. The Morgan fingerprint density at radius 2 is 2.55 bits per heavy atom. The van der Waals surface area contributed by atoms with Gasteiger partial charge in [-0.25, -0.2) is 0 Å². The molecule has 0 unspecified atom stereocenters. The van der Waals surface area contributed by atoms with Gasteiger partial charge in [0.05, 0.1) is 6.67 Å². The molecular formula is C5H11N5O. The van der Waals surface area contributed by atoms with Gasteiger partial charge in [-0.3, -0.25) is 4.79 Å². The number of hydrogen-bond donors (Lipinski definition) is 1. The number of likely N-dealkylation sites (N-methyl/N-ethyl adjacent to an activating group) is 1. The van der Waals surface area contributed by atoms with Crippen LogP contribution in [0.5, 0.6) is 0 Å². The third-order valence-corrected chi connectivity index (χ3v) is 1.11. The van der Waals surface area contributed by atoms with Crippen molar-refractivity contribution >= 4 is 6.41 Å². The van der Waals surface area contributed by atoms with Crippen molar-refractivity contribution < 1.29 is 4.79 Å². The Labute approximate surface area is 64.8 Å². The zero-order valence-electron chi connectivity index (χ0n) is 6.40. The first-order chi connectivity index (χ1) is 5.35. The summed E-state index contributed by atoms with van der Waals surface area (Å²) >= 11 is 0. The summed E-state index contributed by atoms with van der Waals surface area (Å²) in [5, 5.41) is 6.12. The molecule has 0 radical (unpaired) electrons. The molecule has 1 amide bonds. The number of carbonyl (C=O) groups excluding carboxylic acids is 1. The minimum atomic E-state index is 0.0989. The number of amides is 1. The van der Waals surface area contributed by atoms with E-state index in [1.54, 1.807) is 7.05 Å². The molecule has 0 saturated carbocycles. The number of nitrogens with zero attached hydrogens (tertiary/aromatic N) is 4. The normalized spacial score (nSPS) is 8.45. The molecule has 0 fully saturated rings. The van der Waals surface area contributed by atoms with Crippen LogP contribution in [0, 0.1) is 0 Å². The molecule has 0 saturated heterocycles. The summed E-state index contributed by atoms with van der Waals surface area (Å²) in [5.74, 6) is 0. The van der Waals surface area contributed by atoms with Gasteiger partial charge in [0.25, 0.3) is 0 Å². The van der Waals surface area contributed by atoms with E-state index in [1.807, 2.05) is 0 Å². The highest BCUT2D eigenvalue weighted by molar-refractivity contribution is 5.46. The fourth-order valence-electron chi connectivity index (χ4n) is 0.522. The summed E-state index contributed by atoms with van der Waals surface area (Å²) in [6.07, 6.45) is 0.659. The van der Waals surface area contributed by atoms with Crippen molar-refractivity contribution in [3.8, 4) is 0 Å². The Balaban J connectivity index is 3.56. The van der Waals surface area contributed by atoms with Gasteiger partial charge in [0.2, 0.25) is 6.41 Å². The van der Waals surface area contributed by atoms with Crippen LogP contribution in [-0.2, 0) is 4.79 Å². The molecule has 0 atom stereocenters. The Bertz CT molecular complexity index is 153. The molecule has 0 aliphatic rings. The van der Waals surface area contributed by atoms with E-state index in [-0.39, 0.29) is 6.67 Å². The van der Waals surface area contributed by atoms with E-state index in [0.29, 0.717) is 19.5 Å². The van der Waals surface area contributed by atoms with E-state index in [1.165, 1.54) is 4.90 Å². The number of nitrogens with one attached hydrogen (secondary N) is 1. The average molecular weight is 157 g/mol. The number of azide groups is 1. The van der Waals surface area contributed by atoms with E-state index in [9.17, 15) is 4.79 Å². The van der Waals surface area contributed by atoms with Crippen LogP contribution in [-0.4, -0.2) is 38.1 Å². The van der Waals surface area contributed by atoms with Gasteiger partial charge in [-0.2, -0.15) is 0 Å². The van der Waals surface area contributed by atoms with Crippen molar-refractivity contribution in [2.45, 2.75) is 0 Å². The molecule has 0 aliphatic carbocycles. The molecule has 0 aromatic carbocycles. The summed E-state index contributed by atoms with van der Waals surface area (Å²) in [4.78, 5) is 14.2. The third kappa shape index (κ3) is 5.20. The number of rotatable bonds is 6. The lowest BCUT2D eigenvalue weighted by Gasteiger charge is -2.12. The van der Waals surface area contributed by atoms with Crippen LogP contribution in [0.2, 0.25) is 0 Å². The fourth-order valence-corrected chi connectivity index (χ4v) is 0.522. The van der Waals surface area contributed by atoms with Gasteiger partial charge in [-0.05, 0) is 12.6 Å². The summed E-state index contributed by atoms with van der Waals surface area (Å²) in [6, 6.07) is 0. The SMILES string of the molecule is CNCCN(C=O)CN=[N+]=[N-]. The van der Waals surface area contributed by atoms with Crippen molar-refractivity contribution in [2.24, 2.45) is 5.11 Å². The molecule has 0 aromatic rings. The first-order valence-electron chi connectivity index (χ1n) is 3.20. The van der Waals surface area contributed by atoms with Crippen LogP contribution in [0.25, 0.3) is 10.4 Å². The summed E-state index contributed by atoms with van der Waals surface area (Å²) in [6.45, 7) is 1.35. The van der Waals surface area contributed by atoms with Gasteiger partial charge in [0.1, 0.15) is 0 Å². The number of hydrogen-bond acceptors (Lipinski definition) is 3. The molecule has 6 heteroatoms. The molecule has 1 N–H and O–H groups in total. The first kappa shape index (κ1) is 9.74. The minimum absolute atomic E-state index is 0.0989. The summed E-state index contributed by atoms with van der Waals surface area (Å²) in [5.41, 5.74) is 7.94. The number of carbonyl (C=O) groups is 1. The van der Waals surface area contributed by atoms with Crippen molar-refractivity contribution in [2.75, 3.05) is 26.8 Å².